The first-order valence-corrected chi connectivity index (χ1v) is 14.3. The van der Waals surface area contributed by atoms with E-state index < -0.39 is 29.4 Å². The molecule has 0 atom stereocenters. The maximum absolute atomic E-state index is 12.5. The summed E-state index contributed by atoms with van der Waals surface area (Å²) in [6.45, 7) is 13.6. The lowest BCUT2D eigenvalue weighted by molar-refractivity contribution is -0.143. The van der Waals surface area contributed by atoms with Gasteiger partial charge in [-0.05, 0) is 57.4 Å². The van der Waals surface area contributed by atoms with Crippen molar-refractivity contribution in [3.8, 4) is 0 Å². The topological polar surface area (TPSA) is 93.8 Å². The van der Waals surface area contributed by atoms with Crippen LogP contribution in [0.4, 0.5) is 26.3 Å². The van der Waals surface area contributed by atoms with Gasteiger partial charge in [-0.25, -0.2) is 4.99 Å². The van der Waals surface area contributed by atoms with Gasteiger partial charge in [-0.1, -0.05) is 77.5 Å². The summed E-state index contributed by atoms with van der Waals surface area (Å²) in [4.78, 5) is 19.2. The molecule has 1 aromatic rings. The van der Waals surface area contributed by atoms with Crippen molar-refractivity contribution < 1.29 is 31.1 Å². The van der Waals surface area contributed by atoms with Crippen molar-refractivity contribution in [2.75, 3.05) is 7.05 Å². The number of primary amides is 1. The quantitative estimate of drug-likeness (QED) is 0.0645. The predicted molar refractivity (Wildman–Crippen MR) is 166 cm³/mol. The highest BCUT2D eigenvalue weighted by molar-refractivity contribution is 5.99. The molecule has 1 amide bonds. The third-order valence-electron chi connectivity index (χ3n) is 5.88. The van der Waals surface area contributed by atoms with Crippen molar-refractivity contribution in [3.05, 3.63) is 70.0 Å². The molecule has 0 aliphatic carbocycles. The van der Waals surface area contributed by atoms with Gasteiger partial charge in [0.2, 0.25) is 5.91 Å². The van der Waals surface area contributed by atoms with Crippen LogP contribution in [0.3, 0.4) is 0 Å². The minimum absolute atomic E-state index is 0.0897. The predicted octanol–water partition coefficient (Wildman–Crippen LogP) is 9.57. The summed E-state index contributed by atoms with van der Waals surface area (Å²) in [6.07, 6.45) is 3.93. The molecule has 0 spiro atoms. The molecule has 0 fully saturated rings. The van der Waals surface area contributed by atoms with Crippen LogP contribution < -0.4 is 11.5 Å². The Morgan fingerprint density at radius 1 is 0.837 bits per heavy atom. The van der Waals surface area contributed by atoms with Crippen molar-refractivity contribution in [1.29, 1.82) is 0 Å². The van der Waals surface area contributed by atoms with Crippen LogP contribution in [-0.2, 0) is 17.1 Å². The summed E-state index contributed by atoms with van der Waals surface area (Å²) in [5.41, 5.74) is 10.6. The van der Waals surface area contributed by atoms with Crippen LogP contribution in [0.5, 0.6) is 0 Å². The van der Waals surface area contributed by atoms with Gasteiger partial charge in [0.15, 0.2) is 0 Å². The highest BCUT2D eigenvalue weighted by Crippen LogP contribution is 2.36. The molecular weight excluding hydrogens is 570 g/mol. The maximum atomic E-state index is 12.5. The number of hydrogen-bond donors (Lipinski definition) is 2. The van der Waals surface area contributed by atoms with Gasteiger partial charge in [-0.15, -0.1) is 0 Å². The van der Waals surface area contributed by atoms with Gasteiger partial charge in [0.05, 0.1) is 17.0 Å². The number of amidine groups is 1. The minimum atomic E-state index is -4.83. The summed E-state index contributed by atoms with van der Waals surface area (Å²) < 4.78 is 75.0. The number of nitrogens with two attached hydrogens (primary N) is 2. The molecule has 0 bridgehead atoms. The Balaban J connectivity index is 0. The highest BCUT2D eigenvalue weighted by atomic mass is 19.4. The van der Waals surface area contributed by atoms with Crippen LogP contribution >= 0.6 is 0 Å². The standard InChI is InChI=1S/C15H25N3O.C11H9F6N.C6H14/c1-5-7-8-14(15(17)19)13(9-11(3)6-2)10-18-12(4)16;1-6(18-2)7-3-8(10(12,13)14)5-9(4-7)11(15,16)17;1-3-5-6-4-2/h8-10H,5-7H2,1-4H3,(H2,16,18)(H2,17,19);3-5H,1-2H3;3-6H2,1-2H3/b11-9?,13-10+,14-8+;;. The number of halogens is 6. The molecule has 1 aromatic carbocycles. The van der Waals surface area contributed by atoms with Gasteiger partial charge in [-0.2, -0.15) is 26.3 Å². The van der Waals surface area contributed by atoms with E-state index in [1.165, 1.54) is 39.7 Å². The number of allylic oxidation sites excluding steroid dienone is 3. The minimum Gasteiger partial charge on any atom is -0.387 e. The number of amides is 1. The van der Waals surface area contributed by atoms with E-state index in [2.05, 4.69) is 30.8 Å². The number of rotatable bonds is 11. The number of hydrogen-bond acceptors (Lipinski definition) is 3. The number of alkyl halides is 6. The average molecular weight is 619 g/mol. The Hall–Kier alpha value is -3.37. The second kappa shape index (κ2) is 21.3. The van der Waals surface area contributed by atoms with Crippen LogP contribution in [0.1, 0.15) is 110 Å². The molecule has 0 aliphatic heterocycles. The Labute approximate surface area is 252 Å². The van der Waals surface area contributed by atoms with Crippen molar-refractivity contribution >= 4 is 17.5 Å². The Morgan fingerprint density at radius 3 is 1.65 bits per heavy atom. The van der Waals surface area contributed by atoms with Gasteiger partial charge >= 0.3 is 12.4 Å². The second-order valence-corrected chi connectivity index (χ2v) is 9.78. The Morgan fingerprint density at radius 2 is 1.33 bits per heavy atom. The van der Waals surface area contributed by atoms with Crippen molar-refractivity contribution in [3.63, 3.8) is 0 Å². The van der Waals surface area contributed by atoms with E-state index in [-0.39, 0.29) is 17.3 Å². The van der Waals surface area contributed by atoms with Crippen LogP contribution in [0.2, 0.25) is 0 Å². The first-order valence-electron chi connectivity index (χ1n) is 14.3. The van der Waals surface area contributed by atoms with E-state index in [9.17, 15) is 31.1 Å². The van der Waals surface area contributed by atoms with Crippen molar-refractivity contribution in [1.82, 2.24) is 0 Å². The SMILES string of the molecule is CCC/C=C(C(N)=O)\C(C=C(C)CC)=C\N=C(C)N.CCCCCC.CN=C(C)c1cc(C(F)(F)F)cc(C(F)(F)F)c1. The molecule has 43 heavy (non-hydrogen) atoms. The molecule has 0 aromatic heterocycles. The summed E-state index contributed by atoms with van der Waals surface area (Å²) in [6, 6.07) is 1.39. The molecule has 0 unspecified atom stereocenters. The molecule has 11 heteroatoms. The Kier molecular flexibility index (Phi) is 20.7. The van der Waals surface area contributed by atoms with E-state index >= 15 is 0 Å². The van der Waals surface area contributed by atoms with E-state index in [0.29, 0.717) is 29.1 Å². The highest BCUT2D eigenvalue weighted by Gasteiger charge is 2.37. The van der Waals surface area contributed by atoms with Gasteiger partial charge in [0, 0.05) is 30.1 Å². The average Bonchev–Trinajstić information content (AvgIpc) is 2.93. The molecule has 0 radical (unpaired) electrons. The van der Waals surface area contributed by atoms with Crippen LogP contribution in [0.25, 0.3) is 0 Å². The number of aliphatic imine (C=N–C) groups is 2. The third kappa shape index (κ3) is 18.7. The monoisotopic (exact) mass is 618 g/mol. The zero-order valence-electron chi connectivity index (χ0n) is 26.6. The first kappa shape index (κ1) is 41.8. The van der Waals surface area contributed by atoms with E-state index in [0.717, 1.165) is 24.8 Å². The molecule has 0 heterocycles. The summed E-state index contributed by atoms with van der Waals surface area (Å²) in [7, 11) is 1.29. The van der Waals surface area contributed by atoms with Gasteiger partial charge in [0.25, 0.3) is 0 Å². The van der Waals surface area contributed by atoms with Crippen molar-refractivity contribution in [2.45, 2.75) is 106 Å². The number of nitrogens with zero attached hydrogens (tertiary/aromatic N) is 2. The number of carbonyl (C=O) groups is 1. The lowest BCUT2D eigenvalue weighted by atomic mass is 10.0. The number of carbonyl (C=O) groups excluding carboxylic acids is 1. The summed E-state index contributed by atoms with van der Waals surface area (Å²) in [5, 5.41) is 0. The van der Waals surface area contributed by atoms with E-state index in [4.69, 9.17) is 11.5 Å². The molecule has 0 saturated heterocycles. The number of benzene rings is 1. The number of unbranched alkanes of at least 4 members (excludes halogenated alkanes) is 4. The van der Waals surface area contributed by atoms with Gasteiger partial charge in [-0.3, -0.25) is 9.79 Å². The largest absolute Gasteiger partial charge is 0.416 e. The Bertz CT molecular complexity index is 1100. The molecule has 0 saturated carbocycles. The zero-order chi connectivity index (χ0) is 33.8. The van der Waals surface area contributed by atoms with Crippen molar-refractivity contribution in [2.24, 2.45) is 21.5 Å². The molecule has 5 nitrogen and oxygen atoms in total. The molecule has 1 rings (SSSR count). The molecular formula is C32H48F6N4O. The second-order valence-electron chi connectivity index (χ2n) is 9.78. The molecule has 4 N–H and O–H groups in total. The summed E-state index contributed by atoms with van der Waals surface area (Å²) >= 11 is 0. The summed E-state index contributed by atoms with van der Waals surface area (Å²) in [5.74, 6) is 0.00379. The molecule has 244 valence electrons. The van der Waals surface area contributed by atoms with E-state index in [1.807, 2.05) is 26.0 Å². The van der Waals surface area contributed by atoms with Crippen LogP contribution in [0.15, 0.2) is 63.3 Å². The molecule has 0 aliphatic rings. The van der Waals surface area contributed by atoms with E-state index in [1.54, 1.807) is 13.1 Å². The maximum Gasteiger partial charge on any atom is 0.416 e. The lowest BCUT2D eigenvalue weighted by Crippen LogP contribution is -2.15. The fourth-order valence-corrected chi connectivity index (χ4v) is 3.17. The van der Waals surface area contributed by atoms with Gasteiger partial charge < -0.3 is 11.5 Å². The van der Waals surface area contributed by atoms with Crippen LogP contribution in [0, 0.1) is 0 Å². The van der Waals surface area contributed by atoms with Gasteiger partial charge in [0.1, 0.15) is 0 Å². The fraction of sp³-hybridized carbons (Fsp3) is 0.531. The smallest absolute Gasteiger partial charge is 0.387 e. The normalized spacial score (nSPS) is 13.6. The van der Waals surface area contributed by atoms with Crippen LogP contribution in [-0.4, -0.2) is 24.5 Å². The lowest BCUT2D eigenvalue weighted by Gasteiger charge is -2.14. The first-order chi connectivity index (χ1) is 19.9. The zero-order valence-corrected chi connectivity index (χ0v) is 26.6. The third-order valence-corrected chi connectivity index (χ3v) is 5.88. The fourth-order valence-electron chi connectivity index (χ4n) is 3.17.